The van der Waals surface area contributed by atoms with Gasteiger partial charge in [-0.25, -0.2) is 0 Å². The summed E-state index contributed by atoms with van der Waals surface area (Å²) in [5.41, 5.74) is 2.86. The quantitative estimate of drug-likeness (QED) is 0.642. The van der Waals surface area contributed by atoms with Crippen LogP contribution in [0.15, 0.2) is 42.5 Å². The standard InChI is InChI=1S/C24H30N2O4/c1-3-5-14-30-21-9-7-19(8-10-21)24(28)25-16-23(27)26-13-12-18-6-11-22(29-4-2)15-20(18)17-26/h6-11,15H,3-5,12-14,16-17H2,1-2H3,(H,25,28). The first-order chi connectivity index (χ1) is 14.6. The van der Waals surface area contributed by atoms with E-state index in [9.17, 15) is 9.59 Å². The van der Waals surface area contributed by atoms with E-state index in [1.165, 1.54) is 5.56 Å². The molecule has 0 unspecified atom stereocenters. The number of hydrogen-bond acceptors (Lipinski definition) is 4. The molecule has 0 atom stereocenters. The Hall–Kier alpha value is -3.02. The van der Waals surface area contributed by atoms with Crippen molar-refractivity contribution in [2.45, 2.75) is 39.7 Å². The van der Waals surface area contributed by atoms with Gasteiger partial charge in [0.15, 0.2) is 0 Å². The number of amides is 2. The van der Waals surface area contributed by atoms with E-state index in [-0.39, 0.29) is 18.4 Å². The van der Waals surface area contributed by atoms with Crippen LogP contribution in [-0.4, -0.2) is 43.0 Å². The number of ether oxygens (including phenoxy) is 2. The minimum Gasteiger partial charge on any atom is -0.494 e. The van der Waals surface area contributed by atoms with Gasteiger partial charge in [0.25, 0.3) is 5.91 Å². The van der Waals surface area contributed by atoms with Crippen molar-refractivity contribution >= 4 is 11.8 Å². The highest BCUT2D eigenvalue weighted by Crippen LogP contribution is 2.24. The normalized spacial score (nSPS) is 12.8. The highest BCUT2D eigenvalue weighted by molar-refractivity contribution is 5.96. The number of carbonyl (C=O) groups is 2. The van der Waals surface area contributed by atoms with Crippen molar-refractivity contribution in [1.82, 2.24) is 10.2 Å². The van der Waals surface area contributed by atoms with E-state index in [4.69, 9.17) is 9.47 Å². The maximum absolute atomic E-state index is 12.6. The average molecular weight is 411 g/mol. The molecular formula is C24H30N2O4. The second-order valence-corrected chi connectivity index (χ2v) is 7.34. The summed E-state index contributed by atoms with van der Waals surface area (Å²) < 4.78 is 11.2. The lowest BCUT2D eigenvalue weighted by Gasteiger charge is -2.29. The van der Waals surface area contributed by atoms with Crippen LogP contribution in [-0.2, 0) is 17.8 Å². The van der Waals surface area contributed by atoms with Crippen molar-refractivity contribution in [3.63, 3.8) is 0 Å². The first kappa shape index (κ1) is 21.7. The van der Waals surface area contributed by atoms with Crippen molar-refractivity contribution in [1.29, 1.82) is 0 Å². The Bertz CT molecular complexity index is 864. The second kappa shape index (κ2) is 10.7. The molecule has 2 amide bonds. The largest absolute Gasteiger partial charge is 0.494 e. The molecule has 0 saturated heterocycles. The Morgan fingerprint density at radius 2 is 1.77 bits per heavy atom. The average Bonchev–Trinajstić information content (AvgIpc) is 2.77. The Kier molecular flexibility index (Phi) is 7.71. The summed E-state index contributed by atoms with van der Waals surface area (Å²) in [6.07, 6.45) is 2.88. The predicted octanol–water partition coefficient (Wildman–Crippen LogP) is 3.58. The summed E-state index contributed by atoms with van der Waals surface area (Å²) in [6.45, 7) is 6.51. The molecule has 0 saturated carbocycles. The number of nitrogens with zero attached hydrogens (tertiary/aromatic N) is 1. The van der Waals surface area contributed by atoms with Gasteiger partial charge in [0.2, 0.25) is 5.91 Å². The van der Waals surface area contributed by atoms with Crippen LogP contribution in [0.1, 0.15) is 48.2 Å². The van der Waals surface area contributed by atoms with Crippen LogP contribution in [0.3, 0.4) is 0 Å². The van der Waals surface area contributed by atoms with E-state index in [0.717, 1.165) is 36.3 Å². The number of unbranched alkanes of at least 4 members (excludes halogenated alkanes) is 1. The highest BCUT2D eigenvalue weighted by atomic mass is 16.5. The maximum atomic E-state index is 12.6. The molecule has 0 radical (unpaired) electrons. The summed E-state index contributed by atoms with van der Waals surface area (Å²) in [7, 11) is 0. The fraction of sp³-hybridized carbons (Fsp3) is 0.417. The first-order valence-electron chi connectivity index (χ1n) is 10.6. The van der Waals surface area contributed by atoms with Gasteiger partial charge in [-0.05, 0) is 67.3 Å². The maximum Gasteiger partial charge on any atom is 0.251 e. The third-order valence-electron chi connectivity index (χ3n) is 5.14. The summed E-state index contributed by atoms with van der Waals surface area (Å²) in [4.78, 5) is 26.8. The highest BCUT2D eigenvalue weighted by Gasteiger charge is 2.21. The molecule has 160 valence electrons. The van der Waals surface area contributed by atoms with E-state index in [2.05, 4.69) is 18.3 Å². The molecule has 6 heteroatoms. The van der Waals surface area contributed by atoms with Crippen LogP contribution < -0.4 is 14.8 Å². The van der Waals surface area contributed by atoms with Gasteiger partial charge in [0.05, 0.1) is 19.8 Å². The molecule has 1 aliphatic heterocycles. The van der Waals surface area contributed by atoms with Crippen molar-refractivity contribution in [3.05, 3.63) is 59.2 Å². The van der Waals surface area contributed by atoms with Crippen LogP contribution in [0, 0.1) is 0 Å². The number of carbonyl (C=O) groups excluding carboxylic acids is 2. The summed E-state index contributed by atoms with van der Waals surface area (Å²) in [5.74, 6) is 1.21. The van der Waals surface area contributed by atoms with Crippen molar-refractivity contribution in [2.24, 2.45) is 0 Å². The molecule has 0 aliphatic carbocycles. The molecule has 1 heterocycles. The van der Waals surface area contributed by atoms with Gasteiger partial charge < -0.3 is 19.7 Å². The first-order valence-corrected chi connectivity index (χ1v) is 10.6. The zero-order chi connectivity index (χ0) is 21.3. The lowest BCUT2D eigenvalue weighted by molar-refractivity contribution is -0.131. The fourth-order valence-corrected chi connectivity index (χ4v) is 3.41. The Morgan fingerprint density at radius 3 is 2.50 bits per heavy atom. The van der Waals surface area contributed by atoms with E-state index >= 15 is 0 Å². The lowest BCUT2D eigenvalue weighted by Crippen LogP contribution is -2.42. The number of rotatable bonds is 9. The summed E-state index contributed by atoms with van der Waals surface area (Å²) in [6, 6.07) is 13.0. The van der Waals surface area contributed by atoms with Crippen molar-refractivity contribution in [3.8, 4) is 11.5 Å². The smallest absolute Gasteiger partial charge is 0.251 e. The third-order valence-corrected chi connectivity index (χ3v) is 5.14. The van der Waals surface area contributed by atoms with E-state index < -0.39 is 0 Å². The van der Waals surface area contributed by atoms with Gasteiger partial charge in [-0.1, -0.05) is 19.4 Å². The molecule has 0 fully saturated rings. The molecule has 0 aromatic heterocycles. The summed E-state index contributed by atoms with van der Waals surface area (Å²) >= 11 is 0. The zero-order valence-corrected chi connectivity index (χ0v) is 17.8. The molecular weight excluding hydrogens is 380 g/mol. The van der Waals surface area contributed by atoms with Crippen LogP contribution >= 0.6 is 0 Å². The minimum absolute atomic E-state index is 0.0198. The Labute approximate surface area is 178 Å². The number of fused-ring (bicyclic) bond motifs is 1. The molecule has 30 heavy (non-hydrogen) atoms. The van der Waals surface area contributed by atoms with Crippen molar-refractivity contribution < 1.29 is 19.1 Å². The molecule has 3 rings (SSSR count). The minimum atomic E-state index is -0.264. The summed E-state index contributed by atoms with van der Waals surface area (Å²) in [5, 5.41) is 2.73. The van der Waals surface area contributed by atoms with E-state index in [0.29, 0.717) is 31.9 Å². The predicted molar refractivity (Wildman–Crippen MR) is 116 cm³/mol. The SMILES string of the molecule is CCCCOc1ccc(C(=O)NCC(=O)N2CCc3ccc(OCC)cc3C2)cc1. The van der Waals surface area contributed by atoms with Crippen LogP contribution in [0.4, 0.5) is 0 Å². The van der Waals surface area contributed by atoms with Gasteiger partial charge in [-0.2, -0.15) is 0 Å². The van der Waals surface area contributed by atoms with Gasteiger partial charge in [0.1, 0.15) is 11.5 Å². The number of benzene rings is 2. The fourth-order valence-electron chi connectivity index (χ4n) is 3.41. The molecule has 2 aromatic carbocycles. The zero-order valence-electron chi connectivity index (χ0n) is 17.8. The third kappa shape index (κ3) is 5.75. The van der Waals surface area contributed by atoms with E-state index in [1.54, 1.807) is 29.2 Å². The second-order valence-electron chi connectivity index (χ2n) is 7.34. The van der Waals surface area contributed by atoms with Crippen LogP contribution in [0.25, 0.3) is 0 Å². The molecule has 6 nitrogen and oxygen atoms in total. The van der Waals surface area contributed by atoms with Crippen LogP contribution in [0.2, 0.25) is 0 Å². The molecule has 0 bridgehead atoms. The van der Waals surface area contributed by atoms with Gasteiger partial charge >= 0.3 is 0 Å². The number of hydrogen-bond donors (Lipinski definition) is 1. The van der Waals surface area contributed by atoms with Gasteiger partial charge in [-0.3, -0.25) is 9.59 Å². The Morgan fingerprint density at radius 1 is 1.00 bits per heavy atom. The van der Waals surface area contributed by atoms with Gasteiger partial charge in [0, 0.05) is 18.7 Å². The van der Waals surface area contributed by atoms with Gasteiger partial charge in [-0.15, -0.1) is 0 Å². The molecule has 0 spiro atoms. The molecule has 1 aliphatic rings. The number of nitrogens with one attached hydrogen (secondary N) is 1. The van der Waals surface area contributed by atoms with Crippen LogP contribution in [0.5, 0.6) is 11.5 Å². The lowest BCUT2D eigenvalue weighted by atomic mass is 9.99. The van der Waals surface area contributed by atoms with Crippen molar-refractivity contribution in [2.75, 3.05) is 26.3 Å². The van der Waals surface area contributed by atoms with E-state index in [1.807, 2.05) is 19.1 Å². The Balaban J connectivity index is 1.50. The molecule has 2 aromatic rings. The topological polar surface area (TPSA) is 67.9 Å². The molecule has 1 N–H and O–H groups in total. The monoisotopic (exact) mass is 410 g/mol.